The van der Waals surface area contributed by atoms with E-state index >= 15 is 0 Å². The molecule has 0 aliphatic carbocycles. The van der Waals surface area contributed by atoms with E-state index in [1.165, 1.54) is 0 Å². The van der Waals surface area contributed by atoms with Gasteiger partial charge in [-0.1, -0.05) is 0 Å². The Balaban J connectivity index is 3.07. The van der Waals surface area contributed by atoms with Gasteiger partial charge in [0.2, 0.25) is 0 Å². The SMILES string of the molecule is CI(OOOOOOOO)I(I)I. The molecular weight excluding hydrogens is 648 g/mol. The maximum absolute atomic E-state index is 7.54. The van der Waals surface area contributed by atoms with Crippen molar-refractivity contribution in [3.63, 3.8) is 0 Å². The predicted octanol–water partition coefficient (Wildman–Crippen LogP) is 3.24. The van der Waals surface area contributed by atoms with Gasteiger partial charge < -0.3 is 0 Å². The normalized spacial score (nSPS) is 12.9. The molecule has 0 aromatic carbocycles. The number of hydrogen-bond donors (Lipinski definition) is 1. The van der Waals surface area contributed by atoms with Crippen LogP contribution in [0.25, 0.3) is 0 Å². The average Bonchev–Trinajstić information content (AvgIpc) is 2.10. The zero-order valence-electron chi connectivity index (χ0n) is 5.82. The van der Waals surface area contributed by atoms with Crippen molar-refractivity contribution in [1.29, 1.82) is 0 Å². The predicted molar refractivity (Wildman–Crippen MR) is 72.2 cm³/mol. The Labute approximate surface area is 103 Å². The van der Waals surface area contributed by atoms with Gasteiger partial charge in [0, 0.05) is 0 Å². The summed E-state index contributed by atoms with van der Waals surface area (Å²) in [5.74, 6) is 0. The fourth-order valence-electron chi connectivity index (χ4n) is 0.110. The van der Waals surface area contributed by atoms with Crippen LogP contribution in [0.3, 0.4) is 0 Å². The zero-order chi connectivity index (χ0) is 10.1. The van der Waals surface area contributed by atoms with Gasteiger partial charge in [-0.25, -0.2) is 0 Å². The van der Waals surface area contributed by atoms with Gasteiger partial charge in [0.1, 0.15) is 0 Å². The van der Waals surface area contributed by atoms with Crippen LogP contribution in [0.5, 0.6) is 0 Å². The van der Waals surface area contributed by atoms with Crippen molar-refractivity contribution in [2.75, 3.05) is 4.93 Å². The standard InChI is InChI=1S/CH4I4O8/c1-4(5(2)3)7-9-11-13-12-10-8-6/h6H,1H3. The first-order chi connectivity index (χ1) is 6.18. The average molecular weight is 652 g/mol. The molecule has 0 saturated heterocycles. The molecule has 0 fully saturated rings. The van der Waals surface area contributed by atoms with Crippen molar-refractivity contribution in [3.8, 4) is 0 Å². The van der Waals surface area contributed by atoms with Crippen LogP contribution in [0.2, 0.25) is 0 Å². The molecule has 8 nitrogen and oxygen atoms in total. The van der Waals surface area contributed by atoms with Crippen molar-refractivity contribution in [2.24, 2.45) is 0 Å². The molecule has 0 amide bonds. The van der Waals surface area contributed by atoms with E-state index in [1.54, 1.807) is 0 Å². The van der Waals surface area contributed by atoms with Gasteiger partial charge in [0.25, 0.3) is 0 Å². The molecule has 84 valence electrons. The third-order valence-electron chi connectivity index (χ3n) is 0.406. The van der Waals surface area contributed by atoms with Crippen LogP contribution >= 0.6 is 61.4 Å². The van der Waals surface area contributed by atoms with E-state index in [4.69, 9.17) is 8.47 Å². The molecule has 0 aliphatic heterocycles. The van der Waals surface area contributed by atoms with Crippen molar-refractivity contribution < 1.29 is 38.7 Å². The molecule has 0 saturated carbocycles. The van der Waals surface area contributed by atoms with Gasteiger partial charge in [0.15, 0.2) is 0 Å². The molecule has 13 heavy (non-hydrogen) atoms. The number of alkyl halides is 1. The second-order valence-electron chi connectivity index (χ2n) is 0.995. The van der Waals surface area contributed by atoms with Crippen LogP contribution in [0.1, 0.15) is 0 Å². The van der Waals surface area contributed by atoms with Crippen LogP contribution in [-0.2, 0) is 33.4 Å². The number of rotatable bonds is 8. The van der Waals surface area contributed by atoms with Crippen molar-refractivity contribution in [1.82, 2.24) is 0 Å². The Morgan fingerprint density at radius 2 is 1.54 bits per heavy atom. The second-order valence-corrected chi connectivity index (χ2v) is 59.8. The van der Waals surface area contributed by atoms with E-state index in [9.17, 15) is 0 Å². The fraction of sp³-hybridized carbons (Fsp3) is 1.00. The summed E-state index contributed by atoms with van der Waals surface area (Å²) < 4.78 is 4.81. The van der Waals surface area contributed by atoms with Crippen LogP contribution in [0, 0.1) is 0 Å². The first kappa shape index (κ1) is 15.6. The van der Waals surface area contributed by atoms with Crippen LogP contribution in [0.15, 0.2) is 0 Å². The summed E-state index contributed by atoms with van der Waals surface area (Å²) in [4.78, 5) is 1.98. The summed E-state index contributed by atoms with van der Waals surface area (Å²) in [5, 5.41) is 29.2. The Morgan fingerprint density at radius 3 is 2.08 bits per heavy atom. The van der Waals surface area contributed by atoms with Gasteiger partial charge in [-0.2, -0.15) is 0 Å². The van der Waals surface area contributed by atoms with Gasteiger partial charge >= 0.3 is 105 Å². The number of halogens is 4. The summed E-state index contributed by atoms with van der Waals surface area (Å²) in [6, 6.07) is 0. The zero-order valence-corrected chi connectivity index (χ0v) is 14.4. The molecule has 0 atom stereocenters. The van der Waals surface area contributed by atoms with E-state index in [2.05, 4.69) is 67.5 Å². The van der Waals surface area contributed by atoms with Gasteiger partial charge in [-0.05, 0) is 0 Å². The van der Waals surface area contributed by atoms with Crippen molar-refractivity contribution in [2.45, 2.75) is 0 Å². The van der Waals surface area contributed by atoms with Crippen molar-refractivity contribution in [3.05, 3.63) is 0 Å². The Morgan fingerprint density at radius 1 is 1.00 bits per heavy atom. The third-order valence-corrected chi connectivity index (χ3v) is 47.7. The van der Waals surface area contributed by atoms with E-state index < -0.39 is 24.2 Å². The van der Waals surface area contributed by atoms with E-state index in [0.717, 1.165) is 0 Å². The molecule has 0 aliphatic rings. The van der Waals surface area contributed by atoms with Crippen molar-refractivity contribution >= 4 is 61.4 Å². The molecule has 0 spiro atoms. The van der Waals surface area contributed by atoms with E-state index in [-0.39, 0.29) is 0 Å². The summed E-state index contributed by atoms with van der Waals surface area (Å²) in [6.07, 6.45) is 0. The fourth-order valence-corrected chi connectivity index (χ4v) is 6.16. The summed E-state index contributed by atoms with van der Waals surface area (Å²) in [7, 11) is -1.01. The Hall–Kier alpha value is 2.60. The van der Waals surface area contributed by atoms with E-state index in [0.29, 0.717) is 0 Å². The van der Waals surface area contributed by atoms with Crippen LogP contribution in [0.4, 0.5) is 0 Å². The van der Waals surface area contributed by atoms with Crippen LogP contribution in [-0.4, -0.2) is 10.2 Å². The Bertz CT molecular complexity index is 110. The first-order valence-corrected chi connectivity index (χ1v) is 24.0. The molecular formula is CH4I4O8. The van der Waals surface area contributed by atoms with Gasteiger partial charge in [-0.3, -0.25) is 0 Å². The molecule has 0 radical (unpaired) electrons. The van der Waals surface area contributed by atoms with Gasteiger partial charge in [0.05, 0.1) is 0 Å². The number of hydrogen-bond acceptors (Lipinski definition) is 8. The Kier molecular flexibility index (Phi) is 13.3. The molecule has 0 unspecified atom stereocenters. The van der Waals surface area contributed by atoms with Crippen LogP contribution < -0.4 is 0 Å². The molecule has 0 heterocycles. The molecule has 0 aromatic heterocycles. The molecule has 1 N–H and O–H groups in total. The summed E-state index contributed by atoms with van der Waals surface area (Å²) >= 11 is 3.22. The molecule has 0 rings (SSSR count). The summed E-state index contributed by atoms with van der Waals surface area (Å²) in [5.41, 5.74) is 0. The first-order valence-electron chi connectivity index (χ1n) is 2.14. The maximum atomic E-state index is 7.54. The molecule has 0 bridgehead atoms. The minimum atomic E-state index is -1.47. The van der Waals surface area contributed by atoms with E-state index in [1.807, 2.05) is 4.93 Å². The monoisotopic (exact) mass is 652 g/mol. The third kappa shape index (κ3) is 10.9. The topological polar surface area (TPSA) is 84.8 Å². The second kappa shape index (κ2) is 11.1. The van der Waals surface area contributed by atoms with Gasteiger partial charge in [-0.15, -0.1) is 0 Å². The minimum absolute atomic E-state index is 1.01. The summed E-state index contributed by atoms with van der Waals surface area (Å²) in [6.45, 7) is 0. The quantitative estimate of drug-likeness (QED) is 0.141. The molecule has 0 aromatic rings. The molecule has 12 heteroatoms.